The molecule has 0 spiro atoms. The van der Waals surface area contributed by atoms with Crippen molar-refractivity contribution in [3.63, 3.8) is 0 Å². The number of benzene rings is 1. The maximum Gasteiger partial charge on any atom is 0.417 e. The van der Waals surface area contributed by atoms with E-state index in [1.165, 1.54) is 0 Å². The molecule has 0 aliphatic carbocycles. The summed E-state index contributed by atoms with van der Waals surface area (Å²) in [6.45, 7) is 1.60. The zero-order valence-corrected chi connectivity index (χ0v) is 8.67. The quantitative estimate of drug-likeness (QED) is 0.628. The number of Topliss-reactive ketones (excluding diaryl/α,β-unsaturated/α-hetero) is 1. The van der Waals surface area contributed by atoms with E-state index < -0.39 is 11.1 Å². The standard InChI is InChI=1S/C10H8ClNO3/c1-5(11)9(13)6-2-3-8-7(4-6)12-10(14)15-8/h2-5H,1H3,(H,12,14). The third-order valence-corrected chi connectivity index (χ3v) is 2.26. The van der Waals surface area contributed by atoms with Crippen LogP contribution in [0.5, 0.6) is 0 Å². The molecule has 0 amide bonds. The van der Waals surface area contributed by atoms with E-state index in [9.17, 15) is 9.59 Å². The Balaban J connectivity index is 2.55. The fraction of sp³-hybridized carbons (Fsp3) is 0.200. The van der Waals surface area contributed by atoms with Crippen LogP contribution in [0.25, 0.3) is 11.1 Å². The van der Waals surface area contributed by atoms with E-state index in [1.807, 2.05) is 0 Å². The predicted molar refractivity (Wildman–Crippen MR) is 56.5 cm³/mol. The van der Waals surface area contributed by atoms with Crippen LogP contribution in [0.1, 0.15) is 17.3 Å². The van der Waals surface area contributed by atoms with E-state index in [0.29, 0.717) is 16.7 Å². The van der Waals surface area contributed by atoms with Crippen molar-refractivity contribution in [3.05, 3.63) is 34.3 Å². The van der Waals surface area contributed by atoms with Crippen molar-refractivity contribution in [2.75, 3.05) is 0 Å². The molecule has 1 N–H and O–H groups in total. The molecule has 15 heavy (non-hydrogen) atoms. The molecule has 0 radical (unpaired) electrons. The van der Waals surface area contributed by atoms with Crippen molar-refractivity contribution in [3.8, 4) is 0 Å². The number of hydrogen-bond donors (Lipinski definition) is 1. The van der Waals surface area contributed by atoms with E-state index in [-0.39, 0.29) is 5.78 Å². The Hall–Kier alpha value is -1.55. The molecule has 0 aliphatic heterocycles. The van der Waals surface area contributed by atoms with Crippen molar-refractivity contribution < 1.29 is 9.21 Å². The Morgan fingerprint density at radius 1 is 1.53 bits per heavy atom. The number of aromatic nitrogens is 1. The number of fused-ring (bicyclic) bond motifs is 1. The first-order chi connectivity index (χ1) is 7.08. The van der Waals surface area contributed by atoms with E-state index in [0.717, 1.165) is 0 Å². The number of oxazole rings is 1. The molecular weight excluding hydrogens is 218 g/mol. The zero-order valence-electron chi connectivity index (χ0n) is 7.91. The van der Waals surface area contributed by atoms with Gasteiger partial charge < -0.3 is 4.42 Å². The van der Waals surface area contributed by atoms with Gasteiger partial charge in [0, 0.05) is 5.56 Å². The summed E-state index contributed by atoms with van der Waals surface area (Å²) in [6.07, 6.45) is 0. The first-order valence-corrected chi connectivity index (χ1v) is 4.83. The number of hydrogen-bond acceptors (Lipinski definition) is 3. The lowest BCUT2D eigenvalue weighted by Crippen LogP contribution is -2.10. The molecule has 0 bridgehead atoms. The Bertz CT molecular complexity index is 567. The van der Waals surface area contributed by atoms with Gasteiger partial charge in [-0.15, -0.1) is 11.6 Å². The lowest BCUT2D eigenvalue weighted by atomic mass is 10.1. The smallest absolute Gasteiger partial charge is 0.408 e. The lowest BCUT2D eigenvalue weighted by molar-refractivity contribution is 0.0992. The Morgan fingerprint density at radius 3 is 2.93 bits per heavy atom. The fourth-order valence-corrected chi connectivity index (χ4v) is 1.46. The van der Waals surface area contributed by atoms with Crippen molar-refractivity contribution in [1.82, 2.24) is 4.98 Å². The van der Waals surface area contributed by atoms with Crippen molar-refractivity contribution in [2.45, 2.75) is 12.3 Å². The number of alkyl halides is 1. The highest BCUT2D eigenvalue weighted by Crippen LogP contribution is 2.15. The highest BCUT2D eigenvalue weighted by molar-refractivity contribution is 6.33. The Kier molecular flexibility index (Phi) is 2.36. The van der Waals surface area contributed by atoms with Crippen LogP contribution in [0, 0.1) is 0 Å². The molecule has 78 valence electrons. The van der Waals surface area contributed by atoms with Crippen LogP contribution in [0.4, 0.5) is 0 Å². The summed E-state index contributed by atoms with van der Waals surface area (Å²) in [5, 5.41) is -0.582. The SMILES string of the molecule is CC(Cl)C(=O)c1ccc2oc(=O)[nH]c2c1. The molecule has 1 atom stereocenters. The molecule has 0 fully saturated rings. The molecule has 4 nitrogen and oxygen atoms in total. The van der Waals surface area contributed by atoms with Crippen molar-refractivity contribution in [1.29, 1.82) is 0 Å². The monoisotopic (exact) mass is 225 g/mol. The van der Waals surface area contributed by atoms with Gasteiger partial charge in [0.15, 0.2) is 11.4 Å². The number of carbonyl (C=O) groups is 1. The number of halogens is 1. The number of rotatable bonds is 2. The summed E-state index contributed by atoms with van der Waals surface area (Å²) in [6, 6.07) is 4.71. The summed E-state index contributed by atoms with van der Waals surface area (Å²) in [5.74, 6) is -0.714. The number of carbonyl (C=O) groups excluding carboxylic acids is 1. The van der Waals surface area contributed by atoms with E-state index >= 15 is 0 Å². The molecule has 1 aromatic heterocycles. The average Bonchev–Trinajstić information content (AvgIpc) is 2.55. The second kappa shape index (κ2) is 3.55. The van der Waals surface area contributed by atoms with Crippen LogP contribution in [0.2, 0.25) is 0 Å². The molecule has 2 rings (SSSR count). The van der Waals surface area contributed by atoms with Gasteiger partial charge in [-0.25, -0.2) is 4.79 Å². The molecule has 2 aromatic rings. The zero-order chi connectivity index (χ0) is 11.0. The van der Waals surface area contributed by atoms with E-state index in [2.05, 4.69) is 4.98 Å². The van der Waals surface area contributed by atoms with Crippen LogP contribution in [0.15, 0.2) is 27.4 Å². The number of nitrogens with one attached hydrogen (secondary N) is 1. The van der Waals surface area contributed by atoms with Gasteiger partial charge in [0.25, 0.3) is 0 Å². The van der Waals surface area contributed by atoms with Gasteiger partial charge in [-0.3, -0.25) is 9.78 Å². The lowest BCUT2D eigenvalue weighted by Gasteiger charge is -2.01. The van der Waals surface area contributed by atoms with Gasteiger partial charge in [-0.2, -0.15) is 0 Å². The van der Waals surface area contributed by atoms with E-state index in [4.69, 9.17) is 16.0 Å². The second-order valence-electron chi connectivity index (χ2n) is 3.21. The minimum absolute atomic E-state index is 0.180. The largest absolute Gasteiger partial charge is 0.417 e. The first-order valence-electron chi connectivity index (χ1n) is 4.39. The molecule has 5 heteroatoms. The molecule has 1 heterocycles. The third-order valence-electron chi connectivity index (χ3n) is 2.06. The van der Waals surface area contributed by atoms with Crippen LogP contribution in [0.3, 0.4) is 0 Å². The van der Waals surface area contributed by atoms with E-state index in [1.54, 1.807) is 25.1 Å². The van der Waals surface area contributed by atoms with Crippen LogP contribution < -0.4 is 5.76 Å². The van der Waals surface area contributed by atoms with Gasteiger partial charge in [-0.05, 0) is 25.1 Å². The minimum atomic E-state index is -0.582. The second-order valence-corrected chi connectivity index (χ2v) is 3.86. The van der Waals surface area contributed by atoms with Crippen molar-refractivity contribution in [2.24, 2.45) is 0 Å². The molecule has 0 saturated heterocycles. The van der Waals surface area contributed by atoms with Gasteiger partial charge in [-0.1, -0.05) is 0 Å². The molecule has 0 saturated carbocycles. The maximum atomic E-state index is 11.5. The van der Waals surface area contributed by atoms with Gasteiger partial charge in [0.2, 0.25) is 0 Å². The van der Waals surface area contributed by atoms with Crippen molar-refractivity contribution >= 4 is 28.5 Å². The highest BCUT2D eigenvalue weighted by atomic mass is 35.5. The summed E-state index contributed by atoms with van der Waals surface area (Å²) < 4.78 is 4.81. The molecule has 1 aromatic carbocycles. The average molecular weight is 226 g/mol. The fourth-order valence-electron chi connectivity index (χ4n) is 1.33. The van der Waals surface area contributed by atoms with Crippen LogP contribution in [-0.2, 0) is 0 Å². The van der Waals surface area contributed by atoms with Gasteiger partial charge >= 0.3 is 5.76 Å². The third kappa shape index (κ3) is 1.80. The van der Waals surface area contributed by atoms with Crippen LogP contribution >= 0.6 is 11.6 Å². The molecule has 1 unspecified atom stereocenters. The predicted octanol–water partition coefficient (Wildman–Crippen LogP) is 1.93. The van der Waals surface area contributed by atoms with Gasteiger partial charge in [0.1, 0.15) is 0 Å². The first kappa shape index (κ1) is 9.98. The molecule has 0 aliphatic rings. The minimum Gasteiger partial charge on any atom is -0.408 e. The maximum absolute atomic E-state index is 11.5. The highest BCUT2D eigenvalue weighted by Gasteiger charge is 2.13. The molecular formula is C10H8ClNO3. The Labute approximate surface area is 89.8 Å². The Morgan fingerprint density at radius 2 is 2.27 bits per heavy atom. The summed E-state index contributed by atoms with van der Waals surface area (Å²) >= 11 is 5.67. The van der Waals surface area contributed by atoms with Gasteiger partial charge in [0.05, 0.1) is 10.9 Å². The summed E-state index contributed by atoms with van der Waals surface area (Å²) in [5.41, 5.74) is 1.39. The van der Waals surface area contributed by atoms with Crippen LogP contribution in [-0.4, -0.2) is 16.1 Å². The summed E-state index contributed by atoms with van der Waals surface area (Å²) in [7, 11) is 0. The number of H-pyrrole nitrogens is 1. The number of ketones is 1. The summed E-state index contributed by atoms with van der Waals surface area (Å²) in [4.78, 5) is 24.9. The normalized spacial score (nSPS) is 12.9. The topological polar surface area (TPSA) is 63.1 Å². The number of aromatic amines is 1.